The third-order valence-corrected chi connectivity index (χ3v) is 7.16. The third kappa shape index (κ3) is 4.69. The Morgan fingerprint density at radius 1 is 1.19 bits per heavy atom. The lowest BCUT2D eigenvalue weighted by molar-refractivity contribution is -0.137. The number of aryl methyl sites for hydroxylation is 1. The second-order valence-corrected chi connectivity index (χ2v) is 9.25. The fourth-order valence-electron chi connectivity index (χ4n) is 5.02. The van der Waals surface area contributed by atoms with Crippen molar-refractivity contribution in [2.45, 2.75) is 64.3 Å². The molecule has 4 heterocycles. The summed E-state index contributed by atoms with van der Waals surface area (Å²) in [5, 5.41) is 9.12. The van der Waals surface area contributed by atoms with Crippen LogP contribution in [0.2, 0.25) is 0 Å². The number of anilines is 1. The summed E-state index contributed by atoms with van der Waals surface area (Å²) in [6, 6.07) is 6.22. The summed E-state index contributed by atoms with van der Waals surface area (Å²) < 4.78 is 42.2. The van der Waals surface area contributed by atoms with Crippen LogP contribution >= 0.6 is 0 Å². The van der Waals surface area contributed by atoms with Gasteiger partial charge in [0.1, 0.15) is 0 Å². The molecule has 192 valence electrons. The second kappa shape index (κ2) is 9.93. The van der Waals surface area contributed by atoms with Crippen molar-refractivity contribution in [1.29, 1.82) is 5.26 Å². The van der Waals surface area contributed by atoms with E-state index in [0.29, 0.717) is 30.1 Å². The Labute approximate surface area is 207 Å². The SMILES string of the molecule is CC[C@H]1CN(C(C)c2ccc(C(F)(F)F)cn2)[C@H](CC)CN1c1cc(=O)n(C)n2cc(CC#N)nc12. The van der Waals surface area contributed by atoms with Gasteiger partial charge in [0.25, 0.3) is 5.56 Å². The molecule has 3 aromatic heterocycles. The number of fused-ring (bicyclic) bond motifs is 1. The zero-order chi connectivity index (χ0) is 26.2. The number of imidazole rings is 1. The van der Waals surface area contributed by atoms with E-state index in [0.717, 1.165) is 30.8 Å². The monoisotopic (exact) mass is 501 g/mol. The second-order valence-electron chi connectivity index (χ2n) is 9.25. The Morgan fingerprint density at radius 3 is 2.50 bits per heavy atom. The van der Waals surface area contributed by atoms with Gasteiger partial charge >= 0.3 is 6.18 Å². The molecule has 11 heteroatoms. The van der Waals surface area contributed by atoms with E-state index in [-0.39, 0.29) is 30.1 Å². The van der Waals surface area contributed by atoms with Crippen LogP contribution in [0.1, 0.15) is 56.6 Å². The van der Waals surface area contributed by atoms with Gasteiger partial charge in [-0.3, -0.25) is 14.7 Å². The number of hydrogen-bond acceptors (Lipinski definition) is 6. The predicted octanol–water partition coefficient (Wildman–Crippen LogP) is 3.95. The zero-order valence-corrected chi connectivity index (χ0v) is 20.8. The molecule has 0 N–H and O–H groups in total. The Kier molecular flexibility index (Phi) is 7.09. The van der Waals surface area contributed by atoms with Crippen molar-refractivity contribution in [3.05, 3.63) is 57.9 Å². The van der Waals surface area contributed by atoms with Gasteiger partial charge in [-0.15, -0.1) is 0 Å². The fraction of sp³-hybridized carbons (Fsp3) is 0.520. The summed E-state index contributed by atoms with van der Waals surface area (Å²) in [5.41, 5.74) is 1.61. The lowest BCUT2D eigenvalue weighted by atomic mass is 9.98. The summed E-state index contributed by atoms with van der Waals surface area (Å²) in [5.74, 6) is 0. The van der Waals surface area contributed by atoms with Crippen LogP contribution in [0.25, 0.3) is 5.65 Å². The molecule has 36 heavy (non-hydrogen) atoms. The van der Waals surface area contributed by atoms with Crippen molar-refractivity contribution < 1.29 is 13.2 Å². The van der Waals surface area contributed by atoms with E-state index in [2.05, 4.69) is 39.7 Å². The third-order valence-electron chi connectivity index (χ3n) is 7.16. The quantitative estimate of drug-likeness (QED) is 0.509. The maximum absolute atomic E-state index is 13.0. The highest BCUT2D eigenvalue weighted by atomic mass is 19.4. The van der Waals surface area contributed by atoms with Crippen molar-refractivity contribution in [1.82, 2.24) is 24.1 Å². The molecule has 0 spiro atoms. The minimum absolute atomic E-state index is 0.0525. The van der Waals surface area contributed by atoms with Crippen LogP contribution in [0, 0.1) is 11.3 Å². The van der Waals surface area contributed by atoms with Crippen LogP contribution < -0.4 is 10.5 Å². The number of alkyl halides is 3. The molecule has 3 atom stereocenters. The first-order chi connectivity index (χ1) is 17.1. The van der Waals surface area contributed by atoms with Gasteiger partial charge in [-0.25, -0.2) is 14.2 Å². The summed E-state index contributed by atoms with van der Waals surface area (Å²) in [7, 11) is 1.67. The van der Waals surface area contributed by atoms with Gasteiger partial charge < -0.3 is 4.90 Å². The molecule has 0 aromatic carbocycles. The minimum Gasteiger partial charge on any atom is -0.362 e. The van der Waals surface area contributed by atoms with Gasteiger partial charge in [0, 0.05) is 50.5 Å². The topological polar surface area (TPSA) is 82.5 Å². The van der Waals surface area contributed by atoms with Crippen LogP contribution in [-0.2, 0) is 19.6 Å². The number of nitrogens with zero attached hydrogens (tertiary/aromatic N) is 7. The van der Waals surface area contributed by atoms with E-state index in [4.69, 9.17) is 5.26 Å². The molecule has 1 unspecified atom stereocenters. The lowest BCUT2D eigenvalue weighted by Crippen LogP contribution is -2.59. The van der Waals surface area contributed by atoms with E-state index in [1.165, 1.54) is 10.7 Å². The highest BCUT2D eigenvalue weighted by Crippen LogP contribution is 2.34. The first kappa shape index (κ1) is 25.7. The average Bonchev–Trinajstić information content (AvgIpc) is 3.29. The van der Waals surface area contributed by atoms with Crippen LogP contribution in [0.15, 0.2) is 35.4 Å². The van der Waals surface area contributed by atoms with E-state index in [9.17, 15) is 18.0 Å². The van der Waals surface area contributed by atoms with Crippen LogP contribution in [-0.4, -0.2) is 49.2 Å². The van der Waals surface area contributed by atoms with Crippen LogP contribution in [0.4, 0.5) is 18.9 Å². The zero-order valence-electron chi connectivity index (χ0n) is 20.8. The van der Waals surface area contributed by atoms with Crippen molar-refractivity contribution >= 4 is 11.3 Å². The molecule has 0 amide bonds. The van der Waals surface area contributed by atoms with Gasteiger partial charge in [-0.05, 0) is 31.9 Å². The van der Waals surface area contributed by atoms with Gasteiger partial charge in [-0.2, -0.15) is 18.4 Å². The Morgan fingerprint density at radius 2 is 1.92 bits per heavy atom. The number of halogens is 3. The molecule has 8 nitrogen and oxygen atoms in total. The van der Waals surface area contributed by atoms with E-state index >= 15 is 0 Å². The number of pyridine rings is 1. The van der Waals surface area contributed by atoms with Gasteiger partial charge in [0.15, 0.2) is 5.65 Å². The first-order valence-corrected chi connectivity index (χ1v) is 12.1. The number of piperazine rings is 1. The highest BCUT2D eigenvalue weighted by molar-refractivity contribution is 5.69. The molecule has 1 aliphatic heterocycles. The Bertz CT molecular complexity index is 1320. The maximum Gasteiger partial charge on any atom is 0.417 e. The first-order valence-electron chi connectivity index (χ1n) is 12.1. The molecule has 4 rings (SSSR count). The normalized spacial score (nSPS) is 20.0. The number of aromatic nitrogens is 4. The smallest absolute Gasteiger partial charge is 0.362 e. The number of rotatable bonds is 6. The Balaban J connectivity index is 1.68. The van der Waals surface area contributed by atoms with E-state index in [1.807, 2.05) is 6.92 Å². The van der Waals surface area contributed by atoms with Crippen LogP contribution in [0.3, 0.4) is 0 Å². The van der Waals surface area contributed by atoms with Gasteiger partial charge in [0.2, 0.25) is 0 Å². The molecule has 3 aromatic rings. The van der Waals surface area contributed by atoms with Crippen molar-refractivity contribution in [3.8, 4) is 6.07 Å². The highest BCUT2D eigenvalue weighted by Gasteiger charge is 2.37. The Hall–Kier alpha value is -3.39. The predicted molar refractivity (Wildman–Crippen MR) is 130 cm³/mol. The average molecular weight is 502 g/mol. The molecule has 1 fully saturated rings. The summed E-state index contributed by atoms with van der Waals surface area (Å²) >= 11 is 0. The van der Waals surface area contributed by atoms with Crippen LogP contribution in [0.5, 0.6) is 0 Å². The largest absolute Gasteiger partial charge is 0.417 e. The van der Waals surface area contributed by atoms with E-state index in [1.54, 1.807) is 23.8 Å². The molecule has 1 aliphatic rings. The van der Waals surface area contributed by atoms with Crippen molar-refractivity contribution in [2.75, 3.05) is 18.0 Å². The molecule has 0 bridgehead atoms. The van der Waals surface area contributed by atoms with Gasteiger partial charge in [0.05, 0.1) is 41.3 Å². The maximum atomic E-state index is 13.0. The summed E-state index contributed by atoms with van der Waals surface area (Å²) in [4.78, 5) is 26.1. The molecule has 1 saturated heterocycles. The molecular weight excluding hydrogens is 471 g/mol. The van der Waals surface area contributed by atoms with Crippen molar-refractivity contribution in [2.24, 2.45) is 7.05 Å². The molecule has 0 aliphatic carbocycles. The summed E-state index contributed by atoms with van der Waals surface area (Å²) in [6.07, 6.45) is -0.0438. The van der Waals surface area contributed by atoms with Crippen molar-refractivity contribution in [3.63, 3.8) is 0 Å². The molecule has 0 saturated carbocycles. The number of nitriles is 1. The standard InChI is InChI=1S/C25H30F3N7O/c1-5-19-15-34(22-11-23(36)32(4)35-13-18(9-10-29)31-24(22)35)20(6-2)14-33(19)16(3)21-8-7-17(12-30-21)25(26,27)28/h7-8,11-13,16,19-20H,5-6,9,14-15H2,1-4H3/t16?,19-,20+/m1/s1. The minimum atomic E-state index is -4.42. The molecular formula is C25H30F3N7O. The number of hydrogen-bond donors (Lipinski definition) is 0. The fourth-order valence-corrected chi connectivity index (χ4v) is 5.02. The lowest BCUT2D eigenvalue weighted by Gasteiger charge is -2.49. The van der Waals surface area contributed by atoms with Gasteiger partial charge in [-0.1, -0.05) is 13.8 Å². The summed E-state index contributed by atoms with van der Waals surface area (Å²) in [6.45, 7) is 7.42. The molecule has 0 radical (unpaired) electrons. The van der Waals surface area contributed by atoms with E-state index < -0.39 is 11.7 Å².